The second-order valence-corrected chi connectivity index (χ2v) is 7.19. The Hall–Kier alpha value is -2.98. The number of hydrogen-bond acceptors (Lipinski definition) is 6. The Bertz CT molecular complexity index is 887. The Labute approximate surface area is 163 Å². The van der Waals surface area contributed by atoms with Crippen molar-refractivity contribution in [2.75, 3.05) is 0 Å². The van der Waals surface area contributed by atoms with Crippen LogP contribution in [0.4, 0.5) is 0 Å². The molecule has 2 aliphatic rings. The molecule has 2 heterocycles. The summed E-state index contributed by atoms with van der Waals surface area (Å²) in [5.41, 5.74) is 2.54. The number of nitrogens with zero attached hydrogens (tertiary/aromatic N) is 3. The van der Waals surface area contributed by atoms with E-state index in [2.05, 4.69) is 21.4 Å². The van der Waals surface area contributed by atoms with E-state index in [0.29, 0.717) is 13.0 Å². The zero-order chi connectivity index (χ0) is 19.3. The van der Waals surface area contributed by atoms with Crippen LogP contribution in [0.3, 0.4) is 0 Å². The molecule has 1 saturated carbocycles. The van der Waals surface area contributed by atoms with Gasteiger partial charge in [0.2, 0.25) is 11.6 Å². The number of amides is 1. The summed E-state index contributed by atoms with van der Waals surface area (Å²) in [6, 6.07) is 10.2. The van der Waals surface area contributed by atoms with Crippen molar-refractivity contribution in [2.24, 2.45) is 0 Å². The topological polar surface area (TPSA) is 97.1 Å². The van der Waals surface area contributed by atoms with Crippen LogP contribution in [0.5, 0.6) is 5.88 Å². The third kappa shape index (κ3) is 4.12. The molecule has 1 fully saturated rings. The number of nitrogens with one attached hydrogen (secondary N) is 1. The van der Waals surface area contributed by atoms with Crippen molar-refractivity contribution in [3.8, 4) is 11.9 Å². The molecule has 7 heteroatoms. The van der Waals surface area contributed by atoms with E-state index >= 15 is 0 Å². The van der Waals surface area contributed by atoms with Crippen LogP contribution >= 0.6 is 0 Å². The number of rotatable bonds is 4. The maximum atomic E-state index is 12.6. The van der Waals surface area contributed by atoms with Gasteiger partial charge in [-0.1, -0.05) is 24.3 Å². The number of hydrogen-bond donors (Lipinski definition) is 1. The first-order valence-electron chi connectivity index (χ1n) is 9.59. The second-order valence-electron chi connectivity index (χ2n) is 7.19. The quantitative estimate of drug-likeness (QED) is 0.877. The molecule has 0 bridgehead atoms. The molecule has 1 unspecified atom stereocenters. The monoisotopic (exact) mass is 378 g/mol. The first kappa shape index (κ1) is 18.4. The average molecular weight is 378 g/mol. The summed E-state index contributed by atoms with van der Waals surface area (Å²) in [6.45, 7) is 0.480. The number of nitriles is 1. The van der Waals surface area contributed by atoms with Crippen molar-refractivity contribution in [1.29, 1.82) is 5.26 Å². The number of carbonyl (C=O) groups excluding carboxylic acids is 1. The molecule has 1 atom stereocenters. The minimum Gasteiger partial charge on any atom is -0.472 e. The fourth-order valence-corrected chi connectivity index (χ4v) is 3.78. The molecular weight excluding hydrogens is 356 g/mol. The van der Waals surface area contributed by atoms with Gasteiger partial charge in [-0.3, -0.25) is 4.79 Å². The highest BCUT2D eigenvalue weighted by molar-refractivity contribution is 5.81. The van der Waals surface area contributed by atoms with Gasteiger partial charge in [0, 0.05) is 24.9 Å². The molecule has 2 aromatic rings. The molecule has 1 amide bonds. The highest BCUT2D eigenvalue weighted by Crippen LogP contribution is 2.25. The number of carbonyl (C=O) groups is 1. The summed E-state index contributed by atoms with van der Waals surface area (Å²) in [4.78, 5) is 20.7. The Balaban J connectivity index is 1.27. The Morgan fingerprint density at radius 3 is 2.68 bits per heavy atom. The third-order valence-electron chi connectivity index (χ3n) is 5.33. The van der Waals surface area contributed by atoms with Gasteiger partial charge >= 0.3 is 0 Å². The predicted molar refractivity (Wildman–Crippen MR) is 100 cm³/mol. The maximum Gasteiger partial charge on any atom is 0.251 e. The van der Waals surface area contributed by atoms with Gasteiger partial charge in [-0.05, 0) is 36.8 Å². The highest BCUT2D eigenvalue weighted by Gasteiger charge is 2.29. The molecule has 1 N–H and O–H groups in total. The first-order valence-corrected chi connectivity index (χ1v) is 9.59. The fourth-order valence-electron chi connectivity index (χ4n) is 3.78. The third-order valence-corrected chi connectivity index (χ3v) is 5.33. The van der Waals surface area contributed by atoms with E-state index in [1.807, 2.05) is 24.3 Å². The van der Waals surface area contributed by atoms with Gasteiger partial charge < -0.3 is 14.8 Å². The summed E-state index contributed by atoms with van der Waals surface area (Å²) < 4.78 is 11.6. The van der Waals surface area contributed by atoms with E-state index in [0.717, 1.165) is 31.2 Å². The van der Waals surface area contributed by atoms with Gasteiger partial charge in [-0.25, -0.2) is 9.97 Å². The molecule has 1 aromatic heterocycles. The highest BCUT2D eigenvalue weighted by atomic mass is 16.5. The first-order chi connectivity index (χ1) is 13.7. The van der Waals surface area contributed by atoms with Crippen molar-refractivity contribution < 1.29 is 14.3 Å². The normalized spacial score (nSPS) is 23.9. The van der Waals surface area contributed by atoms with Crippen LogP contribution in [0.15, 0.2) is 36.7 Å². The number of benzene rings is 1. The lowest BCUT2D eigenvalue weighted by Gasteiger charge is -2.31. The molecule has 1 aromatic carbocycles. The Morgan fingerprint density at radius 1 is 1.14 bits per heavy atom. The molecule has 0 spiro atoms. The van der Waals surface area contributed by atoms with E-state index in [-0.39, 0.29) is 29.6 Å². The number of fused-ring (bicyclic) bond motifs is 1. The molecule has 0 radical (unpaired) electrons. The van der Waals surface area contributed by atoms with E-state index < -0.39 is 6.10 Å². The summed E-state index contributed by atoms with van der Waals surface area (Å²) in [7, 11) is 0. The van der Waals surface area contributed by atoms with Crippen molar-refractivity contribution in [1.82, 2.24) is 15.3 Å². The van der Waals surface area contributed by atoms with E-state index in [1.165, 1.54) is 18.0 Å². The number of aromatic nitrogens is 2. The van der Waals surface area contributed by atoms with Crippen molar-refractivity contribution in [3.05, 3.63) is 53.5 Å². The lowest BCUT2D eigenvalue weighted by molar-refractivity contribution is -0.135. The lowest BCUT2D eigenvalue weighted by Crippen LogP contribution is -2.46. The van der Waals surface area contributed by atoms with Crippen LogP contribution in [0.2, 0.25) is 0 Å². The summed E-state index contributed by atoms with van der Waals surface area (Å²) >= 11 is 0. The minimum atomic E-state index is -0.429. The smallest absolute Gasteiger partial charge is 0.251 e. The van der Waals surface area contributed by atoms with Gasteiger partial charge in [0.25, 0.3) is 5.88 Å². The van der Waals surface area contributed by atoms with Crippen LogP contribution in [-0.4, -0.2) is 34.1 Å². The molecule has 144 valence electrons. The second kappa shape index (κ2) is 8.36. The van der Waals surface area contributed by atoms with Crippen LogP contribution in [0.25, 0.3) is 0 Å². The Kier molecular flexibility index (Phi) is 5.49. The van der Waals surface area contributed by atoms with Gasteiger partial charge in [0.15, 0.2) is 0 Å². The van der Waals surface area contributed by atoms with Gasteiger partial charge in [-0.15, -0.1) is 0 Å². The average Bonchev–Trinajstić information content (AvgIpc) is 2.75. The van der Waals surface area contributed by atoms with Crippen LogP contribution < -0.4 is 10.1 Å². The number of ether oxygens (including phenoxy) is 2. The van der Waals surface area contributed by atoms with E-state index in [4.69, 9.17) is 14.7 Å². The maximum absolute atomic E-state index is 12.6. The molecule has 1 aliphatic heterocycles. The molecule has 0 saturated heterocycles. The van der Waals surface area contributed by atoms with Crippen molar-refractivity contribution in [2.45, 2.75) is 57.0 Å². The molecule has 4 rings (SSSR count). The van der Waals surface area contributed by atoms with Crippen molar-refractivity contribution in [3.63, 3.8) is 0 Å². The fraction of sp³-hybridized carbons (Fsp3) is 0.429. The van der Waals surface area contributed by atoms with Crippen molar-refractivity contribution >= 4 is 5.91 Å². The standard InChI is InChI=1S/C21H22N4O3/c22-12-18-21(24-10-9-23-18)28-17-7-5-16(6-8-17)25-20(26)19-11-14-3-1-2-4-15(14)13-27-19/h1-4,9-10,16-17,19H,5-8,11,13H2,(H,25,26). The Morgan fingerprint density at radius 2 is 1.89 bits per heavy atom. The zero-order valence-corrected chi connectivity index (χ0v) is 15.5. The molecule has 1 aliphatic carbocycles. The van der Waals surface area contributed by atoms with Gasteiger partial charge in [0.05, 0.1) is 6.61 Å². The molecule has 28 heavy (non-hydrogen) atoms. The summed E-state index contributed by atoms with van der Waals surface area (Å²) in [6.07, 6.45) is 6.39. The van der Waals surface area contributed by atoms with E-state index in [9.17, 15) is 4.79 Å². The minimum absolute atomic E-state index is 0.0187. The predicted octanol–water partition coefficient (Wildman–Crippen LogP) is 2.30. The SMILES string of the molecule is N#Cc1nccnc1OC1CCC(NC(=O)C2Cc3ccccc3CO2)CC1. The largest absolute Gasteiger partial charge is 0.472 e. The van der Waals surface area contributed by atoms with Crippen LogP contribution in [0, 0.1) is 11.3 Å². The van der Waals surface area contributed by atoms with Crippen LogP contribution in [0.1, 0.15) is 42.5 Å². The van der Waals surface area contributed by atoms with E-state index in [1.54, 1.807) is 0 Å². The molecule has 7 nitrogen and oxygen atoms in total. The van der Waals surface area contributed by atoms with Gasteiger partial charge in [0.1, 0.15) is 18.3 Å². The summed E-state index contributed by atoms with van der Waals surface area (Å²) in [5, 5.41) is 12.2. The summed E-state index contributed by atoms with van der Waals surface area (Å²) in [5.74, 6) is 0.242. The molecular formula is C21H22N4O3. The zero-order valence-electron chi connectivity index (χ0n) is 15.5. The van der Waals surface area contributed by atoms with Crippen LogP contribution in [-0.2, 0) is 22.6 Å². The lowest BCUT2D eigenvalue weighted by atomic mass is 9.92. The van der Waals surface area contributed by atoms with Gasteiger partial charge in [-0.2, -0.15) is 5.26 Å².